The van der Waals surface area contributed by atoms with E-state index in [-0.39, 0.29) is 24.4 Å². The molecule has 0 aliphatic carbocycles. The number of piperazine rings is 5. The molecule has 0 unspecified atom stereocenters. The molecule has 6 aliphatic heterocycles. The number of piperidine rings is 1. The van der Waals surface area contributed by atoms with Crippen LogP contribution in [0.15, 0.2) is 183 Å². The molecule has 0 bridgehead atoms. The molecule has 5 aromatic heterocycles. The summed E-state index contributed by atoms with van der Waals surface area (Å²) in [4.78, 5) is 78.8. The van der Waals surface area contributed by atoms with E-state index in [1.165, 1.54) is 33.4 Å². The third kappa shape index (κ3) is 25.3. The molecule has 0 spiro atoms. The number of aliphatic hydroxyl groups is 1. The van der Waals surface area contributed by atoms with Gasteiger partial charge in [0.15, 0.2) is 0 Å². The molecular weight excluding hydrogens is 1460 g/mol. The van der Waals surface area contributed by atoms with Crippen LogP contribution in [0.2, 0.25) is 0 Å². The topological polar surface area (TPSA) is 344 Å². The Morgan fingerprint density at radius 3 is 0.983 bits per heavy atom. The van der Waals surface area contributed by atoms with Gasteiger partial charge in [-0.05, 0) is 68.8 Å². The van der Waals surface area contributed by atoms with Crippen LogP contribution < -0.4 is 58.6 Å². The molecule has 0 saturated carbocycles. The van der Waals surface area contributed by atoms with Crippen LogP contribution in [-0.4, -0.2) is 276 Å². The summed E-state index contributed by atoms with van der Waals surface area (Å²) in [5.41, 5.74) is 43.8. The van der Waals surface area contributed by atoms with E-state index in [2.05, 4.69) is 225 Å². The van der Waals surface area contributed by atoms with Gasteiger partial charge in [-0.3, -0.25) is 9.69 Å². The lowest BCUT2D eigenvalue weighted by molar-refractivity contribution is -0.122. The van der Waals surface area contributed by atoms with E-state index in [1.807, 2.05) is 79.3 Å². The predicted octanol–water partition coefficient (Wildman–Crippen LogP) is 6.31. The third-order valence-electron chi connectivity index (χ3n) is 21.9. The maximum Gasteiger partial charge on any atom is 0.227 e. The van der Waals surface area contributed by atoms with Gasteiger partial charge in [0, 0.05) is 247 Å². The fourth-order valence-corrected chi connectivity index (χ4v) is 14.9. The maximum atomic E-state index is 11.3. The quantitative estimate of drug-likeness (QED) is 0.0439. The summed E-state index contributed by atoms with van der Waals surface area (Å²) < 4.78 is 0. The Morgan fingerprint density at radius 2 is 0.638 bits per heavy atom. The molecule has 5 aromatic carbocycles. The van der Waals surface area contributed by atoms with Gasteiger partial charge in [-0.1, -0.05) is 152 Å². The van der Waals surface area contributed by atoms with Crippen LogP contribution in [0.5, 0.6) is 0 Å². The highest BCUT2D eigenvalue weighted by Crippen LogP contribution is 2.30. The number of anilines is 10. The Labute approximate surface area is 683 Å². The highest BCUT2D eigenvalue weighted by molar-refractivity contribution is 5.77. The van der Waals surface area contributed by atoms with Gasteiger partial charge in [-0.25, -0.2) is 29.9 Å². The van der Waals surface area contributed by atoms with Gasteiger partial charge in [0.05, 0.1) is 6.61 Å². The van der Waals surface area contributed by atoms with Crippen molar-refractivity contribution >= 4 is 64.7 Å². The second-order valence-electron chi connectivity index (χ2n) is 30.7. The van der Waals surface area contributed by atoms with Crippen LogP contribution in [0, 0.1) is 5.92 Å². The summed E-state index contributed by atoms with van der Waals surface area (Å²) in [6.45, 7) is 22.5. The fourth-order valence-electron chi connectivity index (χ4n) is 14.9. The van der Waals surface area contributed by atoms with Crippen molar-refractivity contribution in [3.63, 3.8) is 0 Å². The van der Waals surface area contributed by atoms with Gasteiger partial charge in [0.1, 0.15) is 29.1 Å². The minimum absolute atomic E-state index is 0.0389. The zero-order chi connectivity index (χ0) is 81.0. The molecule has 116 heavy (non-hydrogen) atoms. The molecule has 6 fully saturated rings. The number of benzene rings is 5. The number of carbonyl (C=O) groups excluding carboxylic acids is 1. The minimum atomic E-state index is -0.212. The van der Waals surface area contributed by atoms with Gasteiger partial charge in [0.25, 0.3) is 0 Å². The Hall–Kier alpha value is -11.3. The van der Waals surface area contributed by atoms with Crippen LogP contribution in [0.1, 0.15) is 68.5 Å². The van der Waals surface area contributed by atoms with Crippen LogP contribution in [-0.2, 0) is 36.9 Å². The molecule has 10 aromatic rings. The molecule has 12 N–H and O–H groups in total. The van der Waals surface area contributed by atoms with Crippen LogP contribution in [0.4, 0.5) is 58.8 Å². The van der Waals surface area contributed by atoms with Gasteiger partial charge in [-0.15, -0.1) is 0 Å². The predicted molar refractivity (Wildman–Crippen MR) is 466 cm³/mol. The number of aliphatic hydroxyl groups excluding tert-OH is 1. The van der Waals surface area contributed by atoms with Crippen molar-refractivity contribution in [2.24, 2.45) is 11.7 Å². The zero-order valence-electron chi connectivity index (χ0n) is 68.0. The van der Waals surface area contributed by atoms with E-state index in [0.29, 0.717) is 17.8 Å². The molecule has 0 radical (unpaired) electrons. The van der Waals surface area contributed by atoms with Crippen molar-refractivity contribution in [2.75, 3.05) is 238 Å². The molecule has 0 atom stereocenters. The smallest absolute Gasteiger partial charge is 0.227 e. The lowest BCUT2D eigenvalue weighted by atomic mass is 9.96. The molecule has 16 rings (SSSR count). The Kier molecular flexibility index (Phi) is 31.1. The van der Waals surface area contributed by atoms with E-state index < -0.39 is 0 Å². The highest BCUT2D eigenvalue weighted by Gasteiger charge is 2.28. The monoisotopic (exact) mass is 1570 g/mol. The second kappa shape index (κ2) is 42.9. The number of nitrogen functional groups attached to an aromatic ring is 4. The number of carbonyl (C=O) groups is 1. The molecule has 29 heteroatoms. The van der Waals surface area contributed by atoms with E-state index in [9.17, 15) is 4.79 Å². The van der Waals surface area contributed by atoms with E-state index in [4.69, 9.17) is 43.7 Å². The van der Waals surface area contributed by atoms with Crippen molar-refractivity contribution in [3.8, 4) is 0 Å². The lowest BCUT2D eigenvalue weighted by Gasteiger charge is -2.36. The molecule has 1 amide bonds. The van der Waals surface area contributed by atoms with Crippen molar-refractivity contribution in [1.82, 2.24) is 79.3 Å². The first-order valence-corrected chi connectivity index (χ1v) is 40.7. The van der Waals surface area contributed by atoms with Gasteiger partial charge < -0.3 is 83.3 Å². The van der Waals surface area contributed by atoms with Crippen LogP contribution >= 0.6 is 0 Å². The average Bonchev–Trinajstić information content (AvgIpc) is 0.819. The van der Waals surface area contributed by atoms with Crippen molar-refractivity contribution in [3.05, 3.63) is 238 Å². The maximum absolute atomic E-state index is 11.3. The first kappa shape index (κ1) is 84.1. The number of nitrogens with zero attached hydrogens (tertiary/aromatic N) is 21. The molecule has 29 nitrogen and oxygen atoms in total. The number of nitrogens with two attached hydrogens (primary N) is 5. The van der Waals surface area contributed by atoms with E-state index in [0.717, 1.165) is 253 Å². The molecular formula is C87H117N27O2. The highest BCUT2D eigenvalue weighted by atomic mass is 16.3. The number of aromatic nitrogens is 10. The average molecular weight is 1570 g/mol. The fraction of sp³-hybridized carbons (Fsp3) is 0.414. The standard InChI is InChI=1S/C21H30N6.C17H21N5O.C17H23N5O.C16H22N6.C16H21N5/c1-24-8-12-26(13-9-24)20-19(16-18-6-4-3-5-7-18)17-22-21(23-20)27-14-10-25(2)11-15-27;18-15(23)13-6-8-22(9-7-13)16-14(11-20-17(19)21-16)10-12-4-2-1-3-5-12;18-17-19-13-15(12-14-4-2-1-3-5-14)16(20-17)22-8-6-21(7-9-22)10-11-23;1-21-7-9-22(10-8-21)20-15-14(12-18-16(17)19-15)11-13-5-3-2-4-6-13;1-20-7-9-21(10-8-20)15-14(12-18-16(17)19-15)11-13-5-3-2-4-6-13/h3-7,17H,8-16H2,1-2H3;1-5,11,13H,6-10H2,(H2,18,23)(H2,19,20,21);1-5,13,23H,6-12H2,(H2,18,19,20);2-6,12H,7-11H2,1H3,(H3,17,18,19,20);2-6,12H,7-11H2,1H3,(H2,17,18,19). The SMILES string of the molecule is CN1CCN(Nc2nc(N)ncc2Cc2ccccc2)CC1.CN1CCN(c2nc(N)ncc2Cc2ccccc2)CC1.CN1CCN(c2ncc(Cc3ccccc3)c(N3CCN(C)CC3)n2)CC1.NC(=O)C1CCN(c2nc(N)ncc2Cc2ccccc2)CC1.Nc1ncc(Cc2ccccc2)c(N2CCN(CCO)CC2)n1. The summed E-state index contributed by atoms with van der Waals surface area (Å²) in [5, 5.41) is 11.2. The van der Waals surface area contributed by atoms with Crippen molar-refractivity contribution < 1.29 is 9.90 Å². The van der Waals surface area contributed by atoms with E-state index >= 15 is 0 Å². The number of rotatable bonds is 20. The molecule has 11 heterocycles. The normalized spacial score (nSPS) is 16.8. The van der Waals surface area contributed by atoms with Gasteiger partial charge >= 0.3 is 0 Å². The lowest BCUT2D eigenvalue weighted by Crippen LogP contribution is -2.47. The number of nitrogens with one attached hydrogen (secondary N) is 1. The van der Waals surface area contributed by atoms with Gasteiger partial charge in [0.2, 0.25) is 35.6 Å². The molecule has 612 valence electrons. The first-order valence-electron chi connectivity index (χ1n) is 40.7. The Balaban J connectivity index is 0.000000134. The number of hydrogen-bond acceptors (Lipinski definition) is 28. The molecule has 6 aliphatic rings. The van der Waals surface area contributed by atoms with Crippen molar-refractivity contribution in [1.29, 1.82) is 0 Å². The number of hydrogen-bond donors (Lipinski definition) is 7. The summed E-state index contributed by atoms with van der Waals surface area (Å²) in [6, 6.07) is 51.9. The summed E-state index contributed by atoms with van der Waals surface area (Å²) >= 11 is 0. The van der Waals surface area contributed by atoms with Gasteiger partial charge in [-0.2, -0.15) is 24.9 Å². The Morgan fingerprint density at radius 1 is 0.353 bits per heavy atom. The zero-order valence-corrected chi connectivity index (χ0v) is 68.0. The number of likely N-dealkylation sites (N-methyl/N-ethyl adjacent to an activating group) is 4. The van der Waals surface area contributed by atoms with E-state index in [1.54, 1.807) is 6.20 Å². The third-order valence-corrected chi connectivity index (χ3v) is 21.9. The molecule has 6 saturated heterocycles. The largest absolute Gasteiger partial charge is 0.395 e. The number of primary amides is 1. The van der Waals surface area contributed by atoms with Crippen LogP contribution in [0.3, 0.4) is 0 Å². The first-order chi connectivity index (χ1) is 56.5. The summed E-state index contributed by atoms with van der Waals surface area (Å²) in [7, 11) is 8.66. The summed E-state index contributed by atoms with van der Waals surface area (Å²) in [5.74, 6) is 6.58. The number of amides is 1. The van der Waals surface area contributed by atoms with Crippen LogP contribution in [0.25, 0.3) is 0 Å². The number of β-amino-alcohol motifs (C(OH)–C–C–N with tert-alkyl or cyclic N) is 1. The Bertz CT molecular complexity index is 4590. The number of hydrazine groups is 1. The van der Waals surface area contributed by atoms with Crippen molar-refractivity contribution in [2.45, 2.75) is 44.9 Å². The second-order valence-corrected chi connectivity index (χ2v) is 30.7. The minimum Gasteiger partial charge on any atom is -0.395 e. The summed E-state index contributed by atoms with van der Waals surface area (Å²) in [6.07, 6.45) is 14.9.